The number of likely N-dealkylation sites (tertiary alicyclic amines) is 1. The molecular weight excluding hydrogens is 399 g/mol. The fraction of sp³-hybridized carbons (Fsp3) is 0.611. The van der Waals surface area contributed by atoms with Crippen molar-refractivity contribution in [3.63, 3.8) is 0 Å². The average Bonchev–Trinajstić information content (AvgIpc) is 2.55. The van der Waals surface area contributed by atoms with Crippen molar-refractivity contribution < 1.29 is 0 Å². The molecule has 1 fully saturated rings. The van der Waals surface area contributed by atoms with Crippen LogP contribution in [0.5, 0.6) is 0 Å². The lowest BCUT2D eigenvalue weighted by atomic mass is 9.99. The van der Waals surface area contributed by atoms with Gasteiger partial charge in [-0.25, -0.2) is 4.99 Å². The van der Waals surface area contributed by atoms with Gasteiger partial charge in [0, 0.05) is 19.6 Å². The van der Waals surface area contributed by atoms with Crippen LogP contribution >= 0.6 is 24.0 Å². The maximum absolute atomic E-state index is 4.65. The molecule has 1 aliphatic heterocycles. The Hall–Kier alpha value is -0.820. The Bertz CT molecular complexity index is 442. The molecule has 1 aromatic rings. The van der Waals surface area contributed by atoms with Crippen molar-refractivity contribution in [2.45, 2.75) is 33.2 Å². The van der Waals surface area contributed by atoms with Crippen molar-refractivity contribution in [1.82, 2.24) is 15.5 Å². The van der Waals surface area contributed by atoms with Crippen molar-refractivity contribution in [1.29, 1.82) is 0 Å². The lowest BCUT2D eigenvalue weighted by Gasteiger charge is -2.30. The quantitative estimate of drug-likeness (QED) is 0.414. The number of hydrogen-bond donors (Lipinski definition) is 2. The summed E-state index contributed by atoms with van der Waals surface area (Å²) < 4.78 is 0. The molecule has 0 amide bonds. The summed E-state index contributed by atoms with van der Waals surface area (Å²) in [6, 6.07) is 10.4. The Morgan fingerprint density at radius 3 is 2.52 bits per heavy atom. The molecule has 0 spiro atoms. The van der Waals surface area contributed by atoms with E-state index in [1.807, 2.05) is 6.07 Å². The fourth-order valence-electron chi connectivity index (χ4n) is 2.71. The Labute approximate surface area is 158 Å². The Balaban J connectivity index is 0.00000264. The third-order valence-electron chi connectivity index (χ3n) is 4.20. The van der Waals surface area contributed by atoms with Crippen molar-refractivity contribution in [2.24, 2.45) is 10.9 Å². The van der Waals surface area contributed by atoms with Gasteiger partial charge in [0.1, 0.15) is 0 Å². The number of nitrogens with zero attached hydrogens (tertiary/aromatic N) is 2. The summed E-state index contributed by atoms with van der Waals surface area (Å²) in [5, 5.41) is 6.76. The van der Waals surface area contributed by atoms with Gasteiger partial charge < -0.3 is 15.5 Å². The number of hydrogen-bond acceptors (Lipinski definition) is 2. The number of benzene rings is 1. The zero-order valence-electron chi connectivity index (χ0n) is 14.4. The second-order valence-electron chi connectivity index (χ2n) is 6.13. The predicted octanol–water partition coefficient (Wildman–Crippen LogP) is 3.09. The first-order valence-corrected chi connectivity index (χ1v) is 8.56. The fourth-order valence-corrected chi connectivity index (χ4v) is 2.71. The summed E-state index contributed by atoms with van der Waals surface area (Å²) in [5.74, 6) is 1.81. The van der Waals surface area contributed by atoms with Gasteiger partial charge in [0.25, 0.3) is 0 Å². The van der Waals surface area contributed by atoms with Crippen LogP contribution in [0.1, 0.15) is 32.3 Å². The maximum Gasteiger partial charge on any atom is 0.191 e. The standard InChI is InChI=1S/C18H30N4.HI/c1-3-19-18(21-15-17-7-5-4-6-8-17)20-11-14-22-12-9-16(2)10-13-22;/h4-8,16H,3,9-15H2,1-2H3,(H2,19,20,21);1H. The minimum atomic E-state index is 0. The van der Waals surface area contributed by atoms with Gasteiger partial charge in [-0.1, -0.05) is 37.3 Å². The van der Waals surface area contributed by atoms with Crippen LogP contribution in [-0.4, -0.2) is 43.6 Å². The highest BCUT2D eigenvalue weighted by Gasteiger charge is 2.14. The van der Waals surface area contributed by atoms with E-state index in [-0.39, 0.29) is 24.0 Å². The largest absolute Gasteiger partial charge is 0.357 e. The van der Waals surface area contributed by atoms with E-state index in [2.05, 4.69) is 58.6 Å². The molecule has 0 aliphatic carbocycles. The first-order valence-electron chi connectivity index (χ1n) is 8.56. The molecule has 0 radical (unpaired) electrons. The third-order valence-corrected chi connectivity index (χ3v) is 4.20. The van der Waals surface area contributed by atoms with E-state index in [1.54, 1.807) is 0 Å². The summed E-state index contributed by atoms with van der Waals surface area (Å²) in [5.41, 5.74) is 1.24. The van der Waals surface area contributed by atoms with Gasteiger partial charge in [0.15, 0.2) is 5.96 Å². The van der Waals surface area contributed by atoms with Gasteiger partial charge in [-0.2, -0.15) is 0 Å². The number of piperidine rings is 1. The molecule has 5 heteroatoms. The molecule has 1 heterocycles. The average molecular weight is 430 g/mol. The van der Waals surface area contributed by atoms with E-state index >= 15 is 0 Å². The molecular formula is C18H31IN4. The van der Waals surface area contributed by atoms with Crippen LogP contribution in [0.4, 0.5) is 0 Å². The van der Waals surface area contributed by atoms with E-state index in [4.69, 9.17) is 0 Å². The van der Waals surface area contributed by atoms with Crippen LogP contribution < -0.4 is 10.6 Å². The first kappa shape index (κ1) is 20.2. The predicted molar refractivity (Wildman–Crippen MR) is 110 cm³/mol. The molecule has 4 nitrogen and oxygen atoms in total. The molecule has 130 valence electrons. The van der Waals surface area contributed by atoms with Crippen LogP contribution in [0.3, 0.4) is 0 Å². The molecule has 0 unspecified atom stereocenters. The SMILES string of the molecule is CCNC(=NCc1ccccc1)NCCN1CCC(C)CC1.I. The minimum Gasteiger partial charge on any atom is -0.357 e. The third kappa shape index (κ3) is 8.01. The summed E-state index contributed by atoms with van der Waals surface area (Å²) in [6.07, 6.45) is 2.67. The van der Waals surface area contributed by atoms with Crippen molar-refractivity contribution in [3.05, 3.63) is 35.9 Å². The van der Waals surface area contributed by atoms with E-state index in [1.165, 1.54) is 31.5 Å². The Morgan fingerprint density at radius 1 is 1.17 bits per heavy atom. The molecule has 2 N–H and O–H groups in total. The number of nitrogens with one attached hydrogen (secondary N) is 2. The Kier molecular flexibility index (Phi) is 10.3. The zero-order valence-corrected chi connectivity index (χ0v) is 16.8. The topological polar surface area (TPSA) is 39.7 Å². The number of aliphatic imine (C=N–C) groups is 1. The summed E-state index contributed by atoms with van der Waals surface area (Å²) in [7, 11) is 0. The molecule has 2 rings (SSSR count). The summed E-state index contributed by atoms with van der Waals surface area (Å²) in [6.45, 7) is 10.6. The van der Waals surface area contributed by atoms with Gasteiger partial charge >= 0.3 is 0 Å². The molecule has 0 aromatic heterocycles. The van der Waals surface area contributed by atoms with Crippen LogP contribution in [0.25, 0.3) is 0 Å². The van der Waals surface area contributed by atoms with E-state index in [0.29, 0.717) is 0 Å². The smallest absolute Gasteiger partial charge is 0.191 e. The van der Waals surface area contributed by atoms with Crippen molar-refractivity contribution in [3.8, 4) is 0 Å². The van der Waals surface area contributed by atoms with Gasteiger partial charge in [0.2, 0.25) is 0 Å². The van der Waals surface area contributed by atoms with Gasteiger partial charge in [-0.15, -0.1) is 24.0 Å². The normalized spacial score (nSPS) is 16.7. The summed E-state index contributed by atoms with van der Waals surface area (Å²) in [4.78, 5) is 7.20. The van der Waals surface area contributed by atoms with E-state index in [0.717, 1.165) is 38.1 Å². The number of rotatable bonds is 6. The molecule has 23 heavy (non-hydrogen) atoms. The molecule has 0 bridgehead atoms. The zero-order chi connectivity index (χ0) is 15.6. The monoisotopic (exact) mass is 430 g/mol. The van der Waals surface area contributed by atoms with E-state index < -0.39 is 0 Å². The molecule has 0 atom stereocenters. The van der Waals surface area contributed by atoms with E-state index in [9.17, 15) is 0 Å². The van der Waals surface area contributed by atoms with Crippen molar-refractivity contribution in [2.75, 3.05) is 32.7 Å². The van der Waals surface area contributed by atoms with Gasteiger partial charge in [0.05, 0.1) is 6.54 Å². The molecule has 0 saturated carbocycles. The summed E-state index contributed by atoms with van der Waals surface area (Å²) >= 11 is 0. The highest BCUT2D eigenvalue weighted by atomic mass is 127. The highest BCUT2D eigenvalue weighted by molar-refractivity contribution is 14.0. The molecule has 1 saturated heterocycles. The molecule has 1 aliphatic rings. The second kappa shape index (κ2) is 11.7. The second-order valence-corrected chi connectivity index (χ2v) is 6.13. The lowest BCUT2D eigenvalue weighted by molar-refractivity contribution is 0.195. The van der Waals surface area contributed by atoms with Gasteiger partial charge in [-0.3, -0.25) is 0 Å². The van der Waals surface area contributed by atoms with Gasteiger partial charge in [-0.05, 0) is 44.3 Å². The van der Waals surface area contributed by atoms with Crippen LogP contribution in [0.15, 0.2) is 35.3 Å². The minimum absolute atomic E-state index is 0. The van der Waals surface area contributed by atoms with Crippen LogP contribution in [-0.2, 0) is 6.54 Å². The highest BCUT2D eigenvalue weighted by Crippen LogP contribution is 2.15. The number of guanidine groups is 1. The Morgan fingerprint density at radius 2 is 1.87 bits per heavy atom. The lowest BCUT2D eigenvalue weighted by Crippen LogP contribution is -2.43. The van der Waals surface area contributed by atoms with Crippen LogP contribution in [0.2, 0.25) is 0 Å². The van der Waals surface area contributed by atoms with Crippen molar-refractivity contribution >= 4 is 29.9 Å². The maximum atomic E-state index is 4.65. The number of halogens is 1. The first-order chi connectivity index (χ1) is 10.8. The molecule has 1 aromatic carbocycles. The van der Waals surface area contributed by atoms with Crippen LogP contribution in [0, 0.1) is 5.92 Å².